The lowest BCUT2D eigenvalue weighted by Gasteiger charge is -2.60. The van der Waals surface area contributed by atoms with Gasteiger partial charge in [0.1, 0.15) is 12.2 Å². The largest absolute Gasteiger partial charge is 0.459 e. The summed E-state index contributed by atoms with van der Waals surface area (Å²) in [7, 11) is 0. The van der Waals surface area contributed by atoms with Crippen LogP contribution in [0.3, 0.4) is 0 Å². The second-order valence-electron chi connectivity index (χ2n) is 10.8. The van der Waals surface area contributed by atoms with E-state index in [4.69, 9.17) is 9.47 Å². The van der Waals surface area contributed by atoms with Crippen LogP contribution in [0.2, 0.25) is 0 Å². The molecule has 7 fully saturated rings. The Hall–Kier alpha value is -0.570. The van der Waals surface area contributed by atoms with Crippen LogP contribution in [0.4, 0.5) is 0 Å². The van der Waals surface area contributed by atoms with Gasteiger partial charge in [-0.05, 0) is 67.1 Å². The molecule has 0 radical (unpaired) electrons. The van der Waals surface area contributed by atoms with Crippen molar-refractivity contribution in [3.05, 3.63) is 0 Å². The molecule has 0 aromatic heterocycles. The molecule has 7 rings (SSSR count). The Morgan fingerprint density at radius 3 is 1.96 bits per heavy atom. The molecule has 6 atom stereocenters. The molecular weight excluding hydrogens is 300 g/mol. The number of ether oxygens (including phenoxy) is 2. The van der Waals surface area contributed by atoms with E-state index in [2.05, 4.69) is 27.7 Å². The van der Waals surface area contributed by atoms with Gasteiger partial charge in [0.2, 0.25) is 0 Å². The third-order valence-electron chi connectivity index (χ3n) is 8.28. The molecule has 3 saturated heterocycles. The Balaban J connectivity index is 0.000000109. The van der Waals surface area contributed by atoms with Crippen LogP contribution in [-0.4, -0.2) is 24.3 Å². The average molecular weight is 332 g/mol. The SMILES string of the molecule is CC12CC3CC(C1)CC(C)(C3)C2.C[C@@H]1C2C(=O)OC3C2OC1[C@H]3C. The van der Waals surface area contributed by atoms with E-state index >= 15 is 0 Å². The lowest BCUT2D eigenvalue weighted by molar-refractivity contribution is -0.144. The number of carbonyl (C=O) groups is 1. The van der Waals surface area contributed by atoms with E-state index in [1.54, 1.807) is 32.1 Å². The number of esters is 1. The summed E-state index contributed by atoms with van der Waals surface area (Å²) in [6.45, 7) is 9.29. The van der Waals surface area contributed by atoms with Gasteiger partial charge in [0, 0.05) is 5.92 Å². The number of fused-ring (bicyclic) bond motifs is 1. The molecule has 4 unspecified atom stereocenters. The first kappa shape index (κ1) is 15.7. The van der Waals surface area contributed by atoms with Gasteiger partial charge in [0.15, 0.2) is 0 Å². The second-order valence-corrected chi connectivity index (χ2v) is 10.8. The lowest BCUT2D eigenvalue weighted by atomic mass is 9.45. The summed E-state index contributed by atoms with van der Waals surface area (Å²) < 4.78 is 11.0. The molecule has 4 aliphatic carbocycles. The molecule has 0 aromatic rings. The predicted octanol–water partition coefficient (Wildman–Crippen LogP) is 4.19. The van der Waals surface area contributed by atoms with Crippen LogP contribution in [-0.2, 0) is 14.3 Å². The van der Waals surface area contributed by atoms with Gasteiger partial charge in [-0.15, -0.1) is 0 Å². The van der Waals surface area contributed by atoms with Gasteiger partial charge >= 0.3 is 5.97 Å². The molecule has 0 spiro atoms. The Bertz CT molecular complexity index is 535. The molecule has 6 bridgehead atoms. The summed E-state index contributed by atoms with van der Waals surface area (Å²) in [5, 5.41) is 0. The van der Waals surface area contributed by atoms with Crippen LogP contribution in [0, 0.1) is 40.4 Å². The van der Waals surface area contributed by atoms with Crippen molar-refractivity contribution in [2.45, 2.75) is 84.5 Å². The zero-order chi connectivity index (χ0) is 16.9. The molecule has 3 heterocycles. The predicted molar refractivity (Wildman–Crippen MR) is 91.3 cm³/mol. The van der Waals surface area contributed by atoms with Crippen LogP contribution < -0.4 is 0 Å². The molecule has 3 aliphatic heterocycles. The maximum atomic E-state index is 11.3. The first-order valence-electron chi connectivity index (χ1n) is 10.1. The van der Waals surface area contributed by atoms with Crippen LogP contribution in [0.15, 0.2) is 0 Å². The van der Waals surface area contributed by atoms with Crippen molar-refractivity contribution in [3.8, 4) is 0 Å². The highest BCUT2D eigenvalue weighted by Gasteiger charge is 2.65. The van der Waals surface area contributed by atoms with Gasteiger partial charge < -0.3 is 9.47 Å². The van der Waals surface area contributed by atoms with E-state index in [-0.39, 0.29) is 30.2 Å². The van der Waals surface area contributed by atoms with Crippen molar-refractivity contribution < 1.29 is 14.3 Å². The maximum absolute atomic E-state index is 11.3. The molecule has 0 aromatic carbocycles. The number of hydrogen-bond donors (Lipinski definition) is 0. The fourth-order valence-corrected chi connectivity index (χ4v) is 8.22. The molecule has 3 nitrogen and oxygen atoms in total. The summed E-state index contributed by atoms with van der Waals surface area (Å²) in [4.78, 5) is 11.3. The quantitative estimate of drug-likeness (QED) is 0.624. The van der Waals surface area contributed by atoms with E-state index in [9.17, 15) is 4.79 Å². The van der Waals surface area contributed by atoms with Crippen molar-refractivity contribution in [1.82, 2.24) is 0 Å². The molecule has 3 heteroatoms. The van der Waals surface area contributed by atoms with Gasteiger partial charge in [0.05, 0.1) is 12.0 Å². The smallest absolute Gasteiger partial charge is 0.312 e. The second kappa shape index (κ2) is 4.78. The van der Waals surface area contributed by atoms with Crippen molar-refractivity contribution in [2.24, 2.45) is 40.4 Å². The highest BCUT2D eigenvalue weighted by Crippen LogP contribution is 2.64. The summed E-state index contributed by atoms with van der Waals surface area (Å²) in [6.07, 6.45) is 9.72. The third-order valence-corrected chi connectivity index (χ3v) is 8.28. The van der Waals surface area contributed by atoms with Gasteiger partial charge in [-0.2, -0.15) is 0 Å². The van der Waals surface area contributed by atoms with Crippen molar-refractivity contribution >= 4 is 5.97 Å². The van der Waals surface area contributed by atoms with Crippen molar-refractivity contribution in [2.75, 3.05) is 0 Å². The fourth-order valence-electron chi connectivity index (χ4n) is 8.22. The molecular formula is C21H32O3. The maximum Gasteiger partial charge on any atom is 0.312 e. The highest BCUT2D eigenvalue weighted by molar-refractivity contribution is 5.77. The average Bonchev–Trinajstić information content (AvgIpc) is 3.01. The van der Waals surface area contributed by atoms with Crippen LogP contribution in [0.25, 0.3) is 0 Å². The molecule has 24 heavy (non-hydrogen) atoms. The van der Waals surface area contributed by atoms with E-state index in [1.807, 2.05) is 0 Å². The monoisotopic (exact) mass is 332 g/mol. The van der Waals surface area contributed by atoms with E-state index in [0.717, 1.165) is 22.7 Å². The van der Waals surface area contributed by atoms with Gasteiger partial charge in [-0.25, -0.2) is 0 Å². The Morgan fingerprint density at radius 2 is 1.46 bits per heavy atom. The lowest BCUT2D eigenvalue weighted by Crippen LogP contribution is -2.49. The first-order chi connectivity index (χ1) is 11.3. The standard InChI is InChI=1S/C12H20.C9H12O3/c1-11-4-9-3-10(5-11)7-12(2,6-9)8-11;1-3-5-8-7(12-9(5)10)4(2)6(3)11-8/h9-10H,3-8H2,1-2H3;3-8H,1-2H3/t;3-,4-,5?,6?,7?,8?/m.1/s1. The Kier molecular flexibility index (Phi) is 3.12. The van der Waals surface area contributed by atoms with Gasteiger partial charge in [-0.3, -0.25) is 4.79 Å². The summed E-state index contributed by atoms with van der Waals surface area (Å²) in [6, 6.07) is 0. The summed E-state index contributed by atoms with van der Waals surface area (Å²) in [5.41, 5.74) is 1.53. The summed E-state index contributed by atoms with van der Waals surface area (Å²) >= 11 is 0. The van der Waals surface area contributed by atoms with Crippen LogP contribution in [0.5, 0.6) is 0 Å². The zero-order valence-corrected chi connectivity index (χ0v) is 15.6. The third kappa shape index (κ3) is 2.09. The fraction of sp³-hybridized carbons (Fsp3) is 0.952. The van der Waals surface area contributed by atoms with Gasteiger partial charge in [0.25, 0.3) is 0 Å². The topological polar surface area (TPSA) is 35.5 Å². The van der Waals surface area contributed by atoms with E-state index in [1.165, 1.54) is 6.42 Å². The number of rotatable bonds is 0. The highest BCUT2D eigenvalue weighted by atomic mass is 16.6. The minimum absolute atomic E-state index is 0.0376. The Morgan fingerprint density at radius 1 is 0.875 bits per heavy atom. The molecule has 4 saturated carbocycles. The van der Waals surface area contributed by atoms with Crippen LogP contribution in [0.1, 0.15) is 66.2 Å². The molecule has 7 aliphatic rings. The number of carbonyl (C=O) groups excluding carboxylic acids is 1. The van der Waals surface area contributed by atoms with Crippen molar-refractivity contribution in [3.63, 3.8) is 0 Å². The minimum Gasteiger partial charge on any atom is -0.459 e. The number of hydrogen-bond acceptors (Lipinski definition) is 3. The molecule has 0 N–H and O–H groups in total. The van der Waals surface area contributed by atoms with Crippen LogP contribution >= 0.6 is 0 Å². The molecule has 134 valence electrons. The zero-order valence-electron chi connectivity index (χ0n) is 15.6. The van der Waals surface area contributed by atoms with Crippen molar-refractivity contribution in [1.29, 1.82) is 0 Å². The summed E-state index contributed by atoms with van der Waals surface area (Å²) in [5.74, 6) is 2.98. The molecule has 0 amide bonds. The Labute approximate surface area is 145 Å². The minimum atomic E-state index is -0.0376. The van der Waals surface area contributed by atoms with Gasteiger partial charge in [-0.1, -0.05) is 27.7 Å². The first-order valence-corrected chi connectivity index (χ1v) is 10.1. The van der Waals surface area contributed by atoms with E-state index in [0.29, 0.717) is 11.8 Å². The normalized spacial score (nSPS) is 61.8. The van der Waals surface area contributed by atoms with E-state index < -0.39 is 0 Å².